The van der Waals surface area contributed by atoms with E-state index in [0.717, 1.165) is 27.8 Å². The van der Waals surface area contributed by atoms with Crippen molar-refractivity contribution in [3.8, 4) is 67.5 Å². The third-order valence-electron chi connectivity index (χ3n) is 9.91. The number of aromatic nitrogens is 3. The van der Waals surface area contributed by atoms with E-state index in [1.165, 1.54) is 53.2 Å². The van der Waals surface area contributed by atoms with Crippen LogP contribution < -0.4 is 0 Å². The fourth-order valence-electron chi connectivity index (χ4n) is 7.20. The lowest BCUT2D eigenvalue weighted by molar-refractivity contribution is 1.07. The van der Waals surface area contributed by atoms with Gasteiger partial charge in [-0.3, -0.25) is 0 Å². The van der Waals surface area contributed by atoms with Gasteiger partial charge in [0.15, 0.2) is 17.5 Å². The van der Waals surface area contributed by atoms with E-state index in [4.69, 9.17) is 15.0 Å². The Morgan fingerprint density at radius 2 is 0.755 bits per heavy atom. The molecule has 53 heavy (non-hydrogen) atoms. The highest BCUT2D eigenvalue weighted by Crippen LogP contribution is 2.42. The van der Waals surface area contributed by atoms with Crippen molar-refractivity contribution in [1.82, 2.24) is 15.0 Å². The summed E-state index contributed by atoms with van der Waals surface area (Å²) in [4.78, 5) is 14.7. The Balaban J connectivity index is 0.982. The summed E-state index contributed by atoms with van der Waals surface area (Å²) in [5, 5.41) is 5.20. The normalized spacial score (nSPS) is 11.4. The zero-order valence-electron chi connectivity index (χ0n) is 28.6. The van der Waals surface area contributed by atoms with E-state index < -0.39 is 0 Å². The highest BCUT2D eigenvalue weighted by molar-refractivity contribution is 7.26. The Morgan fingerprint density at radius 3 is 1.38 bits per heavy atom. The molecule has 0 aliphatic carbocycles. The smallest absolute Gasteiger partial charge is 0.164 e. The largest absolute Gasteiger partial charge is 0.208 e. The lowest BCUT2D eigenvalue weighted by Crippen LogP contribution is -2.00. The van der Waals surface area contributed by atoms with Crippen LogP contribution in [0.15, 0.2) is 188 Å². The molecule has 0 saturated heterocycles. The summed E-state index contributed by atoms with van der Waals surface area (Å²) >= 11 is 1.89. The molecule has 0 atom stereocenters. The summed E-state index contributed by atoms with van der Waals surface area (Å²) in [7, 11) is 0. The van der Waals surface area contributed by atoms with Crippen molar-refractivity contribution in [3.05, 3.63) is 188 Å². The zero-order valence-corrected chi connectivity index (χ0v) is 29.5. The Bertz CT molecular complexity index is 2870. The molecule has 0 bridgehead atoms. The van der Waals surface area contributed by atoms with E-state index in [9.17, 15) is 0 Å². The quantitative estimate of drug-likeness (QED) is 0.174. The molecule has 2 aromatic heterocycles. The highest BCUT2D eigenvalue weighted by Gasteiger charge is 2.14. The van der Waals surface area contributed by atoms with E-state index in [1.54, 1.807) is 0 Å². The molecule has 2 heterocycles. The van der Waals surface area contributed by atoms with Gasteiger partial charge in [0.05, 0.1) is 0 Å². The van der Waals surface area contributed by atoms with Crippen LogP contribution in [0.4, 0.5) is 0 Å². The molecular formula is C49H31N3S. The number of hydrogen-bond donors (Lipinski definition) is 0. The molecule has 8 aromatic carbocycles. The average Bonchev–Trinajstić information content (AvgIpc) is 3.61. The minimum absolute atomic E-state index is 0.650. The predicted octanol–water partition coefficient (Wildman–Crippen LogP) is 13.4. The fourth-order valence-corrected chi connectivity index (χ4v) is 8.47. The topological polar surface area (TPSA) is 38.7 Å². The molecule has 0 saturated carbocycles. The maximum atomic E-state index is 4.91. The summed E-state index contributed by atoms with van der Waals surface area (Å²) < 4.78 is 2.65. The maximum Gasteiger partial charge on any atom is 0.164 e. The summed E-state index contributed by atoms with van der Waals surface area (Å²) in [5.41, 5.74) is 10.0. The monoisotopic (exact) mass is 693 g/mol. The first-order chi connectivity index (χ1) is 26.2. The number of nitrogens with zero attached hydrogens (tertiary/aromatic N) is 3. The molecule has 0 aliphatic heterocycles. The Hall–Kier alpha value is -6.75. The van der Waals surface area contributed by atoms with Crippen LogP contribution in [0.1, 0.15) is 0 Å². The maximum absolute atomic E-state index is 4.91. The number of benzene rings is 8. The van der Waals surface area contributed by atoms with Crippen molar-refractivity contribution in [2.24, 2.45) is 0 Å². The first kappa shape index (κ1) is 31.0. The molecule has 0 unspecified atom stereocenters. The number of rotatable bonds is 6. The molecule has 0 spiro atoms. The average molecular weight is 694 g/mol. The van der Waals surface area contributed by atoms with Crippen molar-refractivity contribution in [2.75, 3.05) is 0 Å². The molecular weight excluding hydrogens is 663 g/mol. The highest BCUT2D eigenvalue weighted by atomic mass is 32.1. The molecule has 10 rings (SSSR count). The minimum Gasteiger partial charge on any atom is -0.208 e. The van der Waals surface area contributed by atoms with Crippen molar-refractivity contribution >= 4 is 42.3 Å². The van der Waals surface area contributed by atoms with E-state index in [2.05, 4.69) is 127 Å². The Morgan fingerprint density at radius 1 is 0.302 bits per heavy atom. The van der Waals surface area contributed by atoms with Crippen LogP contribution in [0.5, 0.6) is 0 Å². The van der Waals surface area contributed by atoms with Crippen molar-refractivity contribution in [3.63, 3.8) is 0 Å². The van der Waals surface area contributed by atoms with E-state index in [-0.39, 0.29) is 0 Å². The number of fused-ring (bicyclic) bond motifs is 4. The van der Waals surface area contributed by atoms with Crippen LogP contribution in [0, 0.1) is 0 Å². The first-order valence-electron chi connectivity index (χ1n) is 17.8. The summed E-state index contributed by atoms with van der Waals surface area (Å²) in [6.45, 7) is 0. The van der Waals surface area contributed by atoms with Crippen LogP contribution >= 0.6 is 11.3 Å². The number of thiophene rings is 1. The lowest BCUT2D eigenvalue weighted by Gasteiger charge is -2.10. The summed E-state index contributed by atoms with van der Waals surface area (Å²) in [6.07, 6.45) is 0. The van der Waals surface area contributed by atoms with E-state index in [1.807, 2.05) is 72.0 Å². The van der Waals surface area contributed by atoms with E-state index >= 15 is 0 Å². The van der Waals surface area contributed by atoms with Gasteiger partial charge in [0.1, 0.15) is 0 Å². The molecule has 10 aromatic rings. The van der Waals surface area contributed by atoms with Gasteiger partial charge in [0, 0.05) is 36.9 Å². The predicted molar refractivity (Wildman–Crippen MR) is 223 cm³/mol. The molecule has 4 heteroatoms. The van der Waals surface area contributed by atoms with Gasteiger partial charge in [0.25, 0.3) is 0 Å². The summed E-state index contributed by atoms with van der Waals surface area (Å²) in [6, 6.07) is 66.5. The molecule has 0 aliphatic rings. The van der Waals surface area contributed by atoms with Gasteiger partial charge < -0.3 is 0 Å². The third-order valence-corrected chi connectivity index (χ3v) is 11.1. The number of hydrogen-bond acceptors (Lipinski definition) is 4. The molecule has 0 fully saturated rings. The van der Waals surface area contributed by atoms with Gasteiger partial charge in [-0.25, -0.2) is 15.0 Å². The first-order valence-corrected chi connectivity index (χ1v) is 18.6. The molecule has 0 amide bonds. The third kappa shape index (κ3) is 5.85. The lowest BCUT2D eigenvalue weighted by atomic mass is 9.95. The second kappa shape index (κ2) is 13.1. The van der Waals surface area contributed by atoms with E-state index in [0.29, 0.717) is 17.5 Å². The van der Waals surface area contributed by atoms with Gasteiger partial charge in [-0.2, -0.15) is 0 Å². The SMILES string of the molecule is c1ccc(-c2nc(-c3ccccc3)nc(-c3ccc(-c4cccc(-c5cccc(-c6cccc7c6sc6cc8ccccc8cc67)c5)c4)cc3)n2)cc1. The second-order valence-electron chi connectivity index (χ2n) is 13.3. The van der Waals surface area contributed by atoms with Gasteiger partial charge in [-0.05, 0) is 68.4 Å². The molecule has 0 N–H and O–H groups in total. The van der Waals surface area contributed by atoms with Gasteiger partial charge in [-0.15, -0.1) is 11.3 Å². The fraction of sp³-hybridized carbons (Fsp3) is 0. The molecule has 248 valence electrons. The van der Waals surface area contributed by atoms with Crippen LogP contribution in [-0.4, -0.2) is 15.0 Å². The molecule has 3 nitrogen and oxygen atoms in total. The van der Waals surface area contributed by atoms with Crippen LogP contribution in [0.3, 0.4) is 0 Å². The zero-order chi connectivity index (χ0) is 35.1. The van der Waals surface area contributed by atoms with Crippen molar-refractivity contribution in [2.45, 2.75) is 0 Å². The van der Waals surface area contributed by atoms with Crippen molar-refractivity contribution in [1.29, 1.82) is 0 Å². The van der Waals surface area contributed by atoms with Gasteiger partial charge >= 0.3 is 0 Å². The van der Waals surface area contributed by atoms with Crippen LogP contribution in [0.2, 0.25) is 0 Å². The standard InChI is InChI=1S/C49H31N3S/c1-3-12-33(13-4-1)47-50-48(34-14-5-2-6-15-34)52-49(51-47)35-26-24-32(25-27-35)36-18-9-19-37(28-36)38-20-10-21-41(29-38)42-22-11-23-43-44-30-39-16-7-8-17-40(39)31-45(44)53-46(42)43/h1-31H. The molecule has 0 radical (unpaired) electrons. The minimum atomic E-state index is 0.650. The van der Waals surface area contributed by atoms with Gasteiger partial charge in [0.2, 0.25) is 0 Å². The van der Waals surface area contributed by atoms with Crippen molar-refractivity contribution < 1.29 is 0 Å². The summed E-state index contributed by atoms with van der Waals surface area (Å²) in [5.74, 6) is 1.97. The van der Waals surface area contributed by atoms with Gasteiger partial charge in [-0.1, -0.05) is 164 Å². The van der Waals surface area contributed by atoms with Crippen LogP contribution in [-0.2, 0) is 0 Å². The Kier molecular flexibility index (Phi) is 7.67. The second-order valence-corrected chi connectivity index (χ2v) is 14.3. The van der Waals surface area contributed by atoms with Crippen LogP contribution in [0.25, 0.3) is 98.5 Å². The Labute approximate surface area is 311 Å².